The van der Waals surface area contributed by atoms with E-state index in [0.29, 0.717) is 38.8 Å². The fourth-order valence-corrected chi connectivity index (χ4v) is 11.9. The molecule has 0 heterocycles. The molecule has 67 heavy (non-hydrogen) atoms. The Bertz CT molecular complexity index is 2750. The van der Waals surface area contributed by atoms with Crippen molar-refractivity contribution >= 4 is 47.9 Å². The molecule has 0 aliphatic rings. The fraction of sp³-hybridized carbons (Fsp3) is 0.123. The highest BCUT2D eigenvalue weighted by Crippen LogP contribution is 2.53. The Morgan fingerprint density at radius 2 is 0.672 bits per heavy atom. The quantitative estimate of drug-likeness (QED) is 0.0505. The van der Waals surface area contributed by atoms with Crippen LogP contribution in [-0.4, -0.2) is 18.2 Å². The number of esters is 2. The summed E-state index contributed by atoms with van der Waals surface area (Å²) in [6.45, 7) is 3.80. The average Bonchev–Trinajstić information content (AvgIpc) is 3.41. The van der Waals surface area contributed by atoms with Gasteiger partial charge in [0.15, 0.2) is 0 Å². The van der Waals surface area contributed by atoms with Crippen LogP contribution in [0.3, 0.4) is 0 Å². The van der Waals surface area contributed by atoms with Crippen molar-refractivity contribution < 1.29 is 37.2 Å². The third-order valence-corrected chi connectivity index (χ3v) is 15.9. The van der Waals surface area contributed by atoms with Crippen molar-refractivity contribution in [2.45, 2.75) is 38.8 Å². The van der Waals surface area contributed by atoms with E-state index in [9.17, 15) is 18.7 Å². The van der Waals surface area contributed by atoms with Crippen molar-refractivity contribution in [2.24, 2.45) is 5.92 Å². The van der Waals surface area contributed by atoms with Crippen molar-refractivity contribution in [2.75, 3.05) is 0 Å². The predicted octanol–water partition coefficient (Wildman–Crippen LogP) is 12.4. The Labute approximate surface area is 393 Å². The first-order valence-corrected chi connectivity index (χ1v) is 25.4. The first-order valence-electron chi connectivity index (χ1n) is 22.1. The molecular formula is C57H52O8P2. The van der Waals surface area contributed by atoms with Crippen molar-refractivity contribution in [1.82, 2.24) is 0 Å². The molecule has 8 nitrogen and oxygen atoms in total. The van der Waals surface area contributed by atoms with Gasteiger partial charge in [-0.2, -0.15) is 0 Å². The van der Waals surface area contributed by atoms with Crippen LogP contribution in [-0.2, 0) is 27.7 Å². The maximum Gasteiger partial charge on any atom is 0.340 e. The van der Waals surface area contributed by atoms with Crippen LogP contribution in [0.15, 0.2) is 243 Å². The van der Waals surface area contributed by atoms with Crippen molar-refractivity contribution in [3.63, 3.8) is 0 Å². The van der Waals surface area contributed by atoms with Gasteiger partial charge in [-0.25, -0.2) is 9.59 Å². The lowest BCUT2D eigenvalue weighted by molar-refractivity contribution is -0.0464. The molecule has 0 amide bonds. The van der Waals surface area contributed by atoms with E-state index in [1.165, 1.54) is 0 Å². The normalized spacial score (nSPS) is 13.1. The van der Waals surface area contributed by atoms with Gasteiger partial charge < -0.3 is 14.0 Å². The summed E-state index contributed by atoms with van der Waals surface area (Å²) in [4.78, 5) is 25.7. The van der Waals surface area contributed by atoms with Gasteiger partial charge in [0.05, 0.1) is 17.2 Å². The second-order valence-corrected chi connectivity index (χ2v) is 20.3. The molecule has 0 saturated carbocycles. The highest BCUT2D eigenvalue weighted by molar-refractivity contribution is 7.74. The molecule has 4 unspecified atom stereocenters. The van der Waals surface area contributed by atoms with Gasteiger partial charge in [-0.15, -0.1) is 0 Å². The largest absolute Gasteiger partial charge is 0.453 e. The molecule has 10 heteroatoms. The summed E-state index contributed by atoms with van der Waals surface area (Å²) in [6, 6.07) is 73.6. The minimum absolute atomic E-state index is 0.377. The van der Waals surface area contributed by atoms with Crippen LogP contribution in [0.25, 0.3) is 0 Å². The number of carbonyl (C=O) groups excluding carboxylic acids is 2. The van der Waals surface area contributed by atoms with Crippen molar-refractivity contribution in [3.8, 4) is 0 Å². The van der Waals surface area contributed by atoms with Crippen LogP contribution in [0.2, 0.25) is 0 Å². The highest BCUT2D eigenvalue weighted by Gasteiger charge is 2.39. The standard InChI is InChI=1S/C35H31O4P.C22H21O4P/c1-27(33(28-17-7-2-8-18-28)38-35(36)30-21-11-4-12-22-30)34(29-19-9-3-10-20-29)39-40(37,31-23-13-5-14-24-31)32-25-15-6-16-26-32;1-2-21(25-22(23)18-12-6-3-7-13-18)26-27(24,19-14-8-4-9-15-19)20-16-10-5-11-17-20/h2-27,33-34H,1H3;3-17,21H,2H2,1H3. The molecule has 0 aromatic heterocycles. The van der Waals surface area contributed by atoms with Crippen LogP contribution >= 0.6 is 14.7 Å². The molecule has 0 radical (unpaired) electrons. The number of carbonyl (C=O) groups is 2. The predicted molar refractivity (Wildman–Crippen MR) is 267 cm³/mol. The summed E-state index contributed by atoms with van der Waals surface area (Å²) in [5.74, 6) is -1.34. The first-order chi connectivity index (χ1) is 32.7. The van der Waals surface area contributed by atoms with Crippen LogP contribution < -0.4 is 21.2 Å². The molecule has 0 aliphatic heterocycles. The van der Waals surface area contributed by atoms with Gasteiger partial charge in [-0.1, -0.05) is 184 Å². The maximum absolute atomic E-state index is 15.0. The number of ether oxygens (including phenoxy) is 2. The molecule has 0 bridgehead atoms. The summed E-state index contributed by atoms with van der Waals surface area (Å²) in [5.41, 5.74) is 2.57. The van der Waals surface area contributed by atoms with Gasteiger partial charge >= 0.3 is 11.9 Å². The number of hydrogen-bond acceptors (Lipinski definition) is 8. The molecule has 4 atom stereocenters. The second-order valence-electron chi connectivity index (χ2n) is 15.6. The van der Waals surface area contributed by atoms with Crippen molar-refractivity contribution in [3.05, 3.63) is 265 Å². The summed E-state index contributed by atoms with van der Waals surface area (Å²) < 4.78 is 53.3. The lowest BCUT2D eigenvalue weighted by Crippen LogP contribution is -2.27. The summed E-state index contributed by atoms with van der Waals surface area (Å²) in [6.07, 6.45) is -1.88. The monoisotopic (exact) mass is 926 g/mol. The minimum atomic E-state index is -3.56. The van der Waals surface area contributed by atoms with Crippen LogP contribution in [0.4, 0.5) is 0 Å². The minimum Gasteiger partial charge on any atom is -0.453 e. The highest BCUT2D eigenvalue weighted by atomic mass is 31.2. The third kappa shape index (κ3) is 12.3. The molecule has 0 spiro atoms. The Kier molecular flexibility index (Phi) is 16.8. The lowest BCUT2D eigenvalue weighted by Gasteiger charge is -2.34. The Morgan fingerprint density at radius 3 is 1.01 bits per heavy atom. The Morgan fingerprint density at radius 1 is 0.388 bits per heavy atom. The second kappa shape index (κ2) is 23.5. The van der Waals surface area contributed by atoms with Crippen LogP contribution in [0, 0.1) is 5.92 Å². The molecule has 0 fully saturated rings. The molecule has 338 valence electrons. The van der Waals surface area contributed by atoms with E-state index in [4.69, 9.17) is 18.5 Å². The number of hydrogen-bond donors (Lipinski definition) is 0. The molecule has 8 rings (SSSR count). The summed E-state index contributed by atoms with van der Waals surface area (Å²) in [5, 5.41) is 2.33. The molecule has 0 aliphatic carbocycles. The zero-order valence-electron chi connectivity index (χ0n) is 37.3. The molecule has 0 N–H and O–H groups in total. The topological polar surface area (TPSA) is 105 Å². The van der Waals surface area contributed by atoms with E-state index in [0.717, 1.165) is 11.1 Å². The van der Waals surface area contributed by atoms with E-state index in [-0.39, 0.29) is 0 Å². The van der Waals surface area contributed by atoms with Gasteiger partial charge in [0.25, 0.3) is 14.7 Å². The number of rotatable bonds is 17. The molecular weight excluding hydrogens is 875 g/mol. The SMILES string of the molecule is CC(C(OC(=O)c1ccccc1)c1ccccc1)C(OP(=O)(c1ccccc1)c1ccccc1)c1ccccc1.CCC(OC(=O)c1ccccc1)OP(=O)(c1ccccc1)c1ccccc1. The third-order valence-electron chi connectivity index (χ3n) is 10.9. The Hall–Kier alpha value is -6.92. The molecule has 8 aromatic carbocycles. The zero-order chi connectivity index (χ0) is 46.9. The number of benzene rings is 8. The van der Waals surface area contributed by atoms with Gasteiger partial charge in [-0.3, -0.25) is 13.7 Å². The van der Waals surface area contributed by atoms with E-state index in [2.05, 4.69) is 0 Å². The maximum atomic E-state index is 15.0. The van der Waals surface area contributed by atoms with Gasteiger partial charge in [0.1, 0.15) is 6.10 Å². The van der Waals surface area contributed by atoms with Crippen LogP contribution in [0.5, 0.6) is 0 Å². The van der Waals surface area contributed by atoms with Gasteiger partial charge in [-0.05, 0) is 83.9 Å². The first kappa shape index (κ1) is 48.0. The van der Waals surface area contributed by atoms with E-state index < -0.39 is 51.1 Å². The summed E-state index contributed by atoms with van der Waals surface area (Å²) >= 11 is 0. The van der Waals surface area contributed by atoms with E-state index >= 15 is 0 Å². The van der Waals surface area contributed by atoms with Gasteiger partial charge in [0.2, 0.25) is 6.29 Å². The summed E-state index contributed by atoms with van der Waals surface area (Å²) in [7, 11) is -6.99. The zero-order valence-corrected chi connectivity index (χ0v) is 39.1. The van der Waals surface area contributed by atoms with Crippen molar-refractivity contribution in [1.29, 1.82) is 0 Å². The smallest absolute Gasteiger partial charge is 0.340 e. The Balaban J connectivity index is 0.000000215. The lowest BCUT2D eigenvalue weighted by atomic mass is 9.88. The van der Waals surface area contributed by atoms with E-state index in [1.807, 2.05) is 196 Å². The van der Waals surface area contributed by atoms with Crippen LogP contribution in [0.1, 0.15) is 64.3 Å². The average molecular weight is 927 g/mol. The molecule has 8 aromatic rings. The van der Waals surface area contributed by atoms with E-state index in [1.54, 1.807) is 60.7 Å². The fourth-order valence-electron chi connectivity index (χ4n) is 7.45. The molecule has 0 saturated heterocycles. The van der Waals surface area contributed by atoms with Gasteiger partial charge in [0, 0.05) is 33.6 Å².